The Bertz CT molecular complexity index is 517. The molecule has 0 bridgehead atoms. The molecule has 0 saturated heterocycles. The first kappa shape index (κ1) is 17.5. The van der Waals surface area contributed by atoms with Gasteiger partial charge >= 0.3 is 0 Å². The van der Waals surface area contributed by atoms with Gasteiger partial charge in [0, 0.05) is 17.8 Å². The third-order valence-corrected chi connectivity index (χ3v) is 6.88. The zero-order valence-electron chi connectivity index (χ0n) is 12.3. The second kappa shape index (κ2) is 7.45. The van der Waals surface area contributed by atoms with Gasteiger partial charge in [0.05, 0.1) is 4.90 Å². The number of hydrogen-bond acceptors (Lipinski definition) is 4. The van der Waals surface area contributed by atoms with Gasteiger partial charge < -0.3 is 5.73 Å². The molecule has 1 rings (SSSR count). The number of benzene rings is 1. The minimum absolute atomic E-state index is 0.0509. The van der Waals surface area contributed by atoms with Gasteiger partial charge in [-0.15, -0.1) is 0 Å². The lowest BCUT2D eigenvalue weighted by Gasteiger charge is -2.29. The van der Waals surface area contributed by atoms with Gasteiger partial charge in [-0.2, -0.15) is 11.8 Å². The summed E-state index contributed by atoms with van der Waals surface area (Å²) in [6.45, 7) is 4.82. The summed E-state index contributed by atoms with van der Waals surface area (Å²) in [5.41, 5.74) is 6.25. The van der Waals surface area contributed by atoms with Gasteiger partial charge in [0.15, 0.2) is 0 Å². The van der Waals surface area contributed by atoms with E-state index in [0.717, 1.165) is 12.8 Å². The van der Waals surface area contributed by atoms with Gasteiger partial charge in [-0.3, -0.25) is 0 Å². The van der Waals surface area contributed by atoms with Crippen molar-refractivity contribution in [3.8, 4) is 0 Å². The van der Waals surface area contributed by atoms with E-state index >= 15 is 0 Å². The van der Waals surface area contributed by atoms with Gasteiger partial charge in [0.25, 0.3) is 0 Å². The average Bonchev–Trinajstić information content (AvgIpc) is 2.49. The molecule has 0 aromatic heterocycles. The first-order chi connectivity index (χ1) is 9.44. The molecule has 0 unspecified atom stereocenters. The maximum Gasteiger partial charge on any atom is 0.240 e. The van der Waals surface area contributed by atoms with E-state index in [0.29, 0.717) is 12.1 Å². The monoisotopic (exact) mass is 316 g/mol. The van der Waals surface area contributed by atoms with Crippen LogP contribution in [0.2, 0.25) is 0 Å². The number of nitrogens with one attached hydrogen (secondary N) is 1. The Labute approximate surface area is 126 Å². The molecule has 1 aromatic rings. The maximum atomic E-state index is 12.4. The van der Waals surface area contributed by atoms with E-state index in [2.05, 4.69) is 18.6 Å². The molecule has 0 radical (unpaired) electrons. The van der Waals surface area contributed by atoms with Crippen molar-refractivity contribution in [1.29, 1.82) is 0 Å². The second-order valence-corrected chi connectivity index (χ2v) is 7.74. The zero-order chi connectivity index (χ0) is 15.2. The molecule has 0 aliphatic rings. The minimum Gasteiger partial charge on any atom is -0.326 e. The fourth-order valence-corrected chi connectivity index (χ4v) is 4.36. The summed E-state index contributed by atoms with van der Waals surface area (Å²) in [5, 5.41) is 0. The molecule has 0 heterocycles. The van der Waals surface area contributed by atoms with Crippen LogP contribution >= 0.6 is 11.8 Å². The first-order valence-electron chi connectivity index (χ1n) is 6.77. The van der Waals surface area contributed by atoms with Crippen molar-refractivity contribution >= 4 is 21.8 Å². The highest BCUT2D eigenvalue weighted by Gasteiger charge is 2.28. The number of sulfonamides is 1. The summed E-state index contributed by atoms with van der Waals surface area (Å²) in [7, 11) is -3.51. The van der Waals surface area contributed by atoms with E-state index in [1.165, 1.54) is 0 Å². The topological polar surface area (TPSA) is 72.2 Å². The van der Waals surface area contributed by atoms with Crippen molar-refractivity contribution in [3.63, 3.8) is 0 Å². The highest BCUT2D eigenvalue weighted by molar-refractivity contribution is 8.00. The van der Waals surface area contributed by atoms with Crippen LogP contribution in [0.3, 0.4) is 0 Å². The predicted octanol–water partition coefficient (Wildman–Crippen LogP) is 2.35. The lowest BCUT2D eigenvalue weighted by molar-refractivity contribution is 0.521. The smallest absolute Gasteiger partial charge is 0.240 e. The molecule has 3 N–H and O–H groups in total. The number of thioether (sulfide) groups is 1. The molecule has 0 aliphatic heterocycles. The molecule has 0 aliphatic carbocycles. The van der Waals surface area contributed by atoms with E-state index in [1.54, 1.807) is 36.0 Å². The lowest BCUT2D eigenvalue weighted by atomic mass is 10.0. The molecular weight excluding hydrogens is 292 g/mol. The highest BCUT2D eigenvalue weighted by Crippen LogP contribution is 2.30. The highest BCUT2D eigenvalue weighted by atomic mass is 32.2. The fourth-order valence-electron chi connectivity index (χ4n) is 2.10. The number of nitrogens with two attached hydrogens (primary N) is 1. The molecular formula is C14H24N2O2S2. The molecule has 0 saturated carbocycles. The summed E-state index contributed by atoms with van der Waals surface area (Å²) in [6.07, 6.45) is 3.87. The first-order valence-corrected chi connectivity index (χ1v) is 9.48. The van der Waals surface area contributed by atoms with Gasteiger partial charge in [-0.25, -0.2) is 13.1 Å². The van der Waals surface area contributed by atoms with Crippen LogP contribution in [-0.4, -0.2) is 26.0 Å². The fraction of sp³-hybridized carbons (Fsp3) is 0.571. The molecule has 1 aromatic carbocycles. The SMILES string of the molecule is CCC(CC)(CNS(=O)(=O)c1ccccc1CN)SC. The van der Waals surface area contributed by atoms with Crippen molar-refractivity contribution in [2.45, 2.75) is 42.9 Å². The maximum absolute atomic E-state index is 12.4. The number of hydrogen-bond donors (Lipinski definition) is 2. The second-order valence-electron chi connectivity index (χ2n) is 4.73. The largest absolute Gasteiger partial charge is 0.326 e. The van der Waals surface area contributed by atoms with Gasteiger partial charge in [-0.05, 0) is 30.7 Å². The molecule has 114 valence electrons. The van der Waals surface area contributed by atoms with Crippen molar-refractivity contribution < 1.29 is 8.42 Å². The van der Waals surface area contributed by atoms with E-state index in [9.17, 15) is 8.42 Å². The Morgan fingerprint density at radius 3 is 2.35 bits per heavy atom. The third-order valence-electron chi connectivity index (χ3n) is 3.79. The van der Waals surface area contributed by atoms with Crippen LogP contribution < -0.4 is 10.5 Å². The summed E-state index contributed by atoms with van der Waals surface area (Å²) in [5.74, 6) is 0. The van der Waals surface area contributed by atoms with Crippen LogP contribution in [0, 0.1) is 0 Å². The van der Waals surface area contributed by atoms with E-state index in [-0.39, 0.29) is 16.2 Å². The van der Waals surface area contributed by atoms with Crippen LogP contribution in [-0.2, 0) is 16.6 Å². The molecule has 0 fully saturated rings. The predicted molar refractivity (Wildman–Crippen MR) is 86.3 cm³/mol. The Hall–Kier alpha value is -0.560. The molecule has 6 heteroatoms. The summed E-state index contributed by atoms with van der Waals surface area (Å²) in [6, 6.07) is 6.86. The molecule has 20 heavy (non-hydrogen) atoms. The quantitative estimate of drug-likeness (QED) is 0.772. The van der Waals surface area contributed by atoms with E-state index in [1.807, 2.05) is 6.26 Å². The van der Waals surface area contributed by atoms with Gasteiger partial charge in [0.1, 0.15) is 0 Å². The average molecular weight is 316 g/mol. The van der Waals surface area contributed by atoms with Crippen LogP contribution in [0.1, 0.15) is 32.3 Å². The summed E-state index contributed by atoms with van der Waals surface area (Å²) in [4.78, 5) is 0.282. The van der Waals surface area contributed by atoms with Crippen LogP contribution in [0.25, 0.3) is 0 Å². The van der Waals surface area contributed by atoms with E-state index in [4.69, 9.17) is 5.73 Å². The Balaban J connectivity index is 2.96. The summed E-state index contributed by atoms with van der Waals surface area (Å²) < 4.78 is 27.5. The van der Waals surface area contributed by atoms with E-state index < -0.39 is 10.0 Å². The van der Waals surface area contributed by atoms with Crippen LogP contribution in [0.4, 0.5) is 0 Å². The van der Waals surface area contributed by atoms with Gasteiger partial charge in [0.2, 0.25) is 10.0 Å². The Morgan fingerprint density at radius 2 is 1.85 bits per heavy atom. The van der Waals surface area contributed by atoms with Crippen molar-refractivity contribution in [3.05, 3.63) is 29.8 Å². The molecule has 0 spiro atoms. The lowest BCUT2D eigenvalue weighted by Crippen LogP contribution is -2.39. The number of rotatable bonds is 8. The third kappa shape index (κ3) is 3.97. The standard InChI is InChI=1S/C14H24N2O2S2/c1-4-14(5-2,19-3)11-16-20(17,18)13-9-7-6-8-12(13)10-15/h6-9,16H,4-5,10-11,15H2,1-3H3. The molecule has 4 nitrogen and oxygen atoms in total. The molecule has 0 atom stereocenters. The van der Waals surface area contributed by atoms with Crippen molar-refractivity contribution in [1.82, 2.24) is 4.72 Å². The van der Waals surface area contributed by atoms with Crippen molar-refractivity contribution in [2.24, 2.45) is 5.73 Å². The summed E-state index contributed by atoms with van der Waals surface area (Å²) >= 11 is 1.71. The Morgan fingerprint density at radius 1 is 1.25 bits per heavy atom. The Kier molecular flexibility index (Phi) is 6.51. The zero-order valence-corrected chi connectivity index (χ0v) is 14.0. The van der Waals surface area contributed by atoms with Gasteiger partial charge in [-0.1, -0.05) is 32.0 Å². The minimum atomic E-state index is -3.51. The molecule has 0 amide bonds. The van der Waals surface area contributed by atoms with Crippen molar-refractivity contribution in [2.75, 3.05) is 12.8 Å². The van der Waals surface area contributed by atoms with Crippen LogP contribution in [0.15, 0.2) is 29.2 Å². The normalized spacial score (nSPS) is 12.6. The van der Waals surface area contributed by atoms with Crippen LogP contribution in [0.5, 0.6) is 0 Å².